The highest BCUT2D eigenvalue weighted by Crippen LogP contribution is 2.17. The Balaban J connectivity index is 3.07. The Morgan fingerprint density at radius 3 is 2.24 bits per heavy atom. The summed E-state index contributed by atoms with van der Waals surface area (Å²) in [5.74, 6) is -0.448. The molecule has 1 aromatic carbocycles. The number of hydrogen-bond donors (Lipinski definition) is 2. The molecule has 0 aliphatic rings. The zero-order chi connectivity index (χ0) is 13.1. The SMILES string of the molecule is CCS(=O)(=O)c1ccc(C(NC)C(N)=O)cc1. The van der Waals surface area contributed by atoms with E-state index in [0.29, 0.717) is 5.56 Å². The van der Waals surface area contributed by atoms with Crippen molar-refractivity contribution in [3.05, 3.63) is 29.8 Å². The summed E-state index contributed by atoms with van der Waals surface area (Å²) in [6.07, 6.45) is 0. The molecule has 0 heterocycles. The van der Waals surface area contributed by atoms with Gasteiger partial charge in [0, 0.05) is 0 Å². The number of hydrogen-bond acceptors (Lipinski definition) is 4. The minimum absolute atomic E-state index is 0.0532. The predicted octanol–water partition coefficient (Wildman–Crippen LogP) is 0.226. The maximum Gasteiger partial charge on any atom is 0.239 e. The average Bonchev–Trinajstić information content (AvgIpc) is 2.30. The van der Waals surface area contributed by atoms with E-state index in [-0.39, 0.29) is 10.6 Å². The van der Waals surface area contributed by atoms with Crippen LogP contribution < -0.4 is 11.1 Å². The molecule has 17 heavy (non-hydrogen) atoms. The van der Waals surface area contributed by atoms with E-state index in [1.165, 1.54) is 12.1 Å². The second-order valence-corrected chi connectivity index (χ2v) is 5.87. The minimum atomic E-state index is -3.20. The summed E-state index contributed by atoms with van der Waals surface area (Å²) in [5.41, 5.74) is 5.86. The molecule has 0 aliphatic heterocycles. The van der Waals surface area contributed by atoms with Gasteiger partial charge in [0.25, 0.3) is 0 Å². The molecule has 1 unspecified atom stereocenters. The Kier molecular flexibility index (Phi) is 4.25. The maximum absolute atomic E-state index is 11.6. The molecule has 0 fully saturated rings. The van der Waals surface area contributed by atoms with Crippen molar-refractivity contribution in [2.24, 2.45) is 5.73 Å². The first kappa shape index (κ1) is 13.7. The molecule has 94 valence electrons. The Bertz CT molecular complexity index is 494. The molecular weight excluding hydrogens is 240 g/mol. The molecule has 0 aromatic heterocycles. The van der Waals surface area contributed by atoms with Gasteiger partial charge in [-0.25, -0.2) is 8.42 Å². The minimum Gasteiger partial charge on any atom is -0.368 e. The summed E-state index contributed by atoms with van der Waals surface area (Å²) in [5, 5.41) is 2.77. The molecule has 1 atom stereocenters. The summed E-state index contributed by atoms with van der Waals surface area (Å²) in [6, 6.07) is 5.56. The van der Waals surface area contributed by atoms with Gasteiger partial charge >= 0.3 is 0 Å². The van der Waals surface area contributed by atoms with E-state index < -0.39 is 21.8 Å². The Morgan fingerprint density at radius 2 is 1.88 bits per heavy atom. The number of amides is 1. The molecule has 6 heteroatoms. The third kappa shape index (κ3) is 3.04. The van der Waals surface area contributed by atoms with Crippen molar-refractivity contribution in [1.29, 1.82) is 0 Å². The van der Waals surface area contributed by atoms with Crippen LogP contribution in [0.5, 0.6) is 0 Å². The molecule has 1 rings (SSSR count). The van der Waals surface area contributed by atoms with Crippen molar-refractivity contribution in [3.63, 3.8) is 0 Å². The van der Waals surface area contributed by atoms with Crippen LogP contribution in [0.2, 0.25) is 0 Å². The highest BCUT2D eigenvalue weighted by atomic mass is 32.2. The standard InChI is InChI=1S/C11H16N2O3S/c1-3-17(15,16)9-6-4-8(5-7-9)10(13-2)11(12)14/h4-7,10,13H,3H2,1-2H3,(H2,12,14). The van der Waals surface area contributed by atoms with Crippen LogP contribution in [0.15, 0.2) is 29.2 Å². The number of likely N-dealkylation sites (N-methyl/N-ethyl adjacent to an activating group) is 1. The second-order valence-electron chi connectivity index (χ2n) is 3.60. The zero-order valence-electron chi connectivity index (χ0n) is 9.80. The van der Waals surface area contributed by atoms with Crippen LogP contribution in [0, 0.1) is 0 Å². The van der Waals surface area contributed by atoms with Gasteiger partial charge in [-0.15, -0.1) is 0 Å². The fourth-order valence-corrected chi connectivity index (χ4v) is 2.39. The highest BCUT2D eigenvalue weighted by molar-refractivity contribution is 7.91. The molecule has 1 amide bonds. The molecule has 0 radical (unpaired) electrons. The summed E-state index contributed by atoms with van der Waals surface area (Å²) in [7, 11) is -1.59. The van der Waals surface area contributed by atoms with Gasteiger partial charge in [0.2, 0.25) is 5.91 Å². The summed E-state index contributed by atoms with van der Waals surface area (Å²) >= 11 is 0. The number of nitrogens with one attached hydrogen (secondary N) is 1. The fraction of sp³-hybridized carbons (Fsp3) is 0.364. The molecular formula is C11H16N2O3S. The van der Waals surface area contributed by atoms with Crippen LogP contribution in [0.4, 0.5) is 0 Å². The van der Waals surface area contributed by atoms with E-state index >= 15 is 0 Å². The Labute approximate surface area is 101 Å². The average molecular weight is 256 g/mol. The van der Waals surface area contributed by atoms with Crippen molar-refractivity contribution in [2.75, 3.05) is 12.8 Å². The van der Waals surface area contributed by atoms with Gasteiger partial charge in [-0.1, -0.05) is 19.1 Å². The van der Waals surface area contributed by atoms with Crippen LogP contribution in [0.25, 0.3) is 0 Å². The van der Waals surface area contributed by atoms with Crippen molar-refractivity contribution in [1.82, 2.24) is 5.32 Å². The molecule has 5 nitrogen and oxygen atoms in total. The normalized spacial score (nSPS) is 13.3. The van der Waals surface area contributed by atoms with Crippen molar-refractivity contribution in [2.45, 2.75) is 17.9 Å². The van der Waals surface area contributed by atoms with Crippen molar-refractivity contribution >= 4 is 15.7 Å². The van der Waals surface area contributed by atoms with Gasteiger partial charge in [0.1, 0.15) is 6.04 Å². The Hall–Kier alpha value is -1.40. The highest BCUT2D eigenvalue weighted by Gasteiger charge is 2.17. The lowest BCUT2D eigenvalue weighted by Gasteiger charge is -2.12. The van der Waals surface area contributed by atoms with Crippen molar-refractivity contribution < 1.29 is 13.2 Å². The predicted molar refractivity (Wildman–Crippen MR) is 65.2 cm³/mol. The smallest absolute Gasteiger partial charge is 0.239 e. The van der Waals surface area contributed by atoms with Gasteiger partial charge < -0.3 is 11.1 Å². The van der Waals surface area contributed by atoms with Crippen LogP contribution in [-0.4, -0.2) is 27.1 Å². The summed E-state index contributed by atoms with van der Waals surface area (Å²) in [4.78, 5) is 11.4. The zero-order valence-corrected chi connectivity index (χ0v) is 10.6. The number of carbonyl (C=O) groups excluding carboxylic acids is 1. The topological polar surface area (TPSA) is 89.3 Å². The fourth-order valence-electron chi connectivity index (χ4n) is 1.51. The van der Waals surface area contributed by atoms with Gasteiger partial charge in [-0.3, -0.25) is 4.79 Å². The Morgan fingerprint density at radius 1 is 1.35 bits per heavy atom. The molecule has 3 N–H and O–H groups in total. The third-order valence-electron chi connectivity index (χ3n) is 2.53. The maximum atomic E-state index is 11.6. The molecule has 0 spiro atoms. The van der Waals surface area contributed by atoms with Gasteiger partial charge in [-0.2, -0.15) is 0 Å². The first-order valence-electron chi connectivity index (χ1n) is 5.21. The van der Waals surface area contributed by atoms with Gasteiger partial charge in [0.05, 0.1) is 10.6 Å². The number of rotatable bonds is 5. The first-order chi connectivity index (χ1) is 7.92. The molecule has 0 saturated heterocycles. The lowest BCUT2D eigenvalue weighted by Crippen LogP contribution is -2.31. The van der Waals surface area contributed by atoms with Crippen LogP contribution >= 0.6 is 0 Å². The first-order valence-corrected chi connectivity index (χ1v) is 6.87. The van der Waals surface area contributed by atoms with E-state index in [0.717, 1.165) is 0 Å². The summed E-state index contributed by atoms with van der Waals surface area (Å²) < 4.78 is 23.2. The third-order valence-corrected chi connectivity index (χ3v) is 4.28. The van der Waals surface area contributed by atoms with E-state index in [2.05, 4.69) is 5.32 Å². The van der Waals surface area contributed by atoms with Gasteiger partial charge in [0.15, 0.2) is 9.84 Å². The molecule has 0 aliphatic carbocycles. The largest absolute Gasteiger partial charge is 0.368 e. The van der Waals surface area contributed by atoms with E-state index in [4.69, 9.17) is 5.73 Å². The number of primary amides is 1. The number of carbonyl (C=O) groups is 1. The quantitative estimate of drug-likeness (QED) is 0.789. The second kappa shape index (κ2) is 5.29. The lowest BCUT2D eigenvalue weighted by atomic mass is 10.1. The molecule has 0 bridgehead atoms. The van der Waals surface area contributed by atoms with Gasteiger partial charge in [-0.05, 0) is 24.7 Å². The lowest BCUT2D eigenvalue weighted by molar-refractivity contribution is -0.120. The molecule has 1 aromatic rings. The summed E-state index contributed by atoms with van der Waals surface area (Å²) in [6.45, 7) is 1.59. The van der Waals surface area contributed by atoms with E-state index in [9.17, 15) is 13.2 Å². The number of sulfone groups is 1. The van der Waals surface area contributed by atoms with E-state index in [1.54, 1.807) is 26.1 Å². The number of benzene rings is 1. The van der Waals surface area contributed by atoms with Crippen LogP contribution in [0.3, 0.4) is 0 Å². The monoisotopic (exact) mass is 256 g/mol. The number of nitrogens with two attached hydrogens (primary N) is 1. The van der Waals surface area contributed by atoms with Crippen molar-refractivity contribution in [3.8, 4) is 0 Å². The van der Waals surface area contributed by atoms with Crippen LogP contribution in [-0.2, 0) is 14.6 Å². The van der Waals surface area contributed by atoms with Crippen LogP contribution in [0.1, 0.15) is 18.5 Å². The molecule has 0 saturated carbocycles. The van der Waals surface area contributed by atoms with E-state index in [1.807, 2.05) is 0 Å².